The van der Waals surface area contributed by atoms with Crippen molar-refractivity contribution in [1.82, 2.24) is 15.5 Å². The van der Waals surface area contributed by atoms with Crippen LogP contribution in [0.15, 0.2) is 0 Å². The van der Waals surface area contributed by atoms with Gasteiger partial charge in [-0.2, -0.15) is 0 Å². The van der Waals surface area contributed by atoms with Crippen LogP contribution in [0.4, 0.5) is 0 Å². The lowest BCUT2D eigenvalue weighted by molar-refractivity contribution is -0.123. The predicted molar refractivity (Wildman–Crippen MR) is 68.9 cm³/mol. The monoisotopic (exact) mass is 239 g/mol. The molecule has 0 aromatic rings. The van der Waals surface area contributed by atoms with E-state index in [0.717, 1.165) is 6.54 Å². The van der Waals surface area contributed by atoms with Crippen molar-refractivity contribution in [3.63, 3.8) is 0 Å². The fourth-order valence-corrected chi connectivity index (χ4v) is 3.29. The van der Waals surface area contributed by atoms with Gasteiger partial charge < -0.3 is 10.6 Å². The van der Waals surface area contributed by atoms with Gasteiger partial charge in [0.1, 0.15) is 0 Å². The van der Waals surface area contributed by atoms with Crippen LogP contribution in [0, 0.1) is 0 Å². The molecule has 2 heterocycles. The summed E-state index contributed by atoms with van der Waals surface area (Å²) >= 11 is 0. The van der Waals surface area contributed by atoms with E-state index in [1.54, 1.807) is 7.05 Å². The highest BCUT2D eigenvalue weighted by Crippen LogP contribution is 2.35. The molecule has 17 heavy (non-hydrogen) atoms. The van der Waals surface area contributed by atoms with Crippen molar-refractivity contribution in [1.29, 1.82) is 0 Å². The first kappa shape index (κ1) is 12.8. The third-order valence-electron chi connectivity index (χ3n) is 4.17. The Hall–Kier alpha value is -0.610. The van der Waals surface area contributed by atoms with Crippen molar-refractivity contribution < 1.29 is 4.79 Å². The Balaban J connectivity index is 1.86. The number of hydrogen-bond donors (Lipinski definition) is 2. The molecule has 2 unspecified atom stereocenters. The molecule has 0 aromatic heterocycles. The Kier molecular flexibility index (Phi) is 4.40. The third kappa shape index (κ3) is 2.99. The van der Waals surface area contributed by atoms with E-state index in [-0.39, 0.29) is 5.91 Å². The maximum atomic E-state index is 11.5. The summed E-state index contributed by atoms with van der Waals surface area (Å²) in [6.07, 6.45) is 6.17. The van der Waals surface area contributed by atoms with Gasteiger partial charge in [0.15, 0.2) is 0 Å². The second-order valence-electron chi connectivity index (χ2n) is 5.35. The van der Waals surface area contributed by atoms with Gasteiger partial charge in [0.25, 0.3) is 0 Å². The maximum absolute atomic E-state index is 11.5. The van der Waals surface area contributed by atoms with Crippen molar-refractivity contribution >= 4 is 5.91 Å². The Morgan fingerprint density at radius 1 is 1.29 bits per heavy atom. The minimum Gasteiger partial charge on any atom is -0.358 e. The van der Waals surface area contributed by atoms with E-state index in [1.165, 1.54) is 32.1 Å². The lowest BCUT2D eigenvalue weighted by Crippen LogP contribution is -2.51. The summed E-state index contributed by atoms with van der Waals surface area (Å²) in [5.41, 5.74) is 0. The molecule has 1 amide bonds. The van der Waals surface area contributed by atoms with E-state index < -0.39 is 0 Å². The number of rotatable bonds is 5. The highest BCUT2D eigenvalue weighted by atomic mass is 16.1. The summed E-state index contributed by atoms with van der Waals surface area (Å²) < 4.78 is 0. The number of carbonyl (C=O) groups is 1. The number of nitrogens with one attached hydrogen (secondary N) is 2. The highest BCUT2D eigenvalue weighted by Gasteiger charge is 2.40. The Labute approximate surface area is 104 Å². The van der Waals surface area contributed by atoms with Gasteiger partial charge in [-0.15, -0.1) is 0 Å². The summed E-state index contributed by atoms with van der Waals surface area (Å²) in [6, 6.07) is 1.93. The van der Waals surface area contributed by atoms with Gasteiger partial charge in [0, 0.05) is 25.2 Å². The van der Waals surface area contributed by atoms with Gasteiger partial charge in [-0.1, -0.05) is 6.92 Å². The number of carbonyl (C=O) groups excluding carboxylic acids is 1. The molecule has 2 saturated heterocycles. The van der Waals surface area contributed by atoms with Crippen LogP contribution >= 0.6 is 0 Å². The lowest BCUT2D eigenvalue weighted by atomic mass is 9.97. The number of fused-ring (bicyclic) bond motifs is 2. The zero-order chi connectivity index (χ0) is 12.3. The van der Waals surface area contributed by atoms with Gasteiger partial charge in [0.2, 0.25) is 5.91 Å². The second kappa shape index (κ2) is 5.83. The molecule has 2 rings (SSSR count). The molecule has 2 bridgehead atoms. The van der Waals surface area contributed by atoms with E-state index in [9.17, 15) is 4.79 Å². The normalized spacial score (nSPS) is 32.7. The molecule has 4 heteroatoms. The Bertz CT molecular complexity index is 255. The standard InChI is InChI=1S/C13H25N3O/c1-3-6-15-10-7-11-4-5-12(8-10)16(11)9-13(17)14-2/h10-12,15H,3-9H2,1-2H3,(H,14,17). The van der Waals surface area contributed by atoms with Crippen LogP contribution in [0.5, 0.6) is 0 Å². The fourth-order valence-electron chi connectivity index (χ4n) is 3.29. The average Bonchev–Trinajstić information content (AvgIpc) is 2.58. The summed E-state index contributed by atoms with van der Waals surface area (Å²) in [7, 11) is 1.72. The summed E-state index contributed by atoms with van der Waals surface area (Å²) in [6.45, 7) is 3.92. The first-order valence-corrected chi connectivity index (χ1v) is 6.94. The molecular formula is C13H25N3O. The quantitative estimate of drug-likeness (QED) is 0.743. The van der Waals surface area contributed by atoms with Crippen LogP contribution < -0.4 is 10.6 Å². The maximum Gasteiger partial charge on any atom is 0.233 e. The van der Waals surface area contributed by atoms with Crippen LogP contribution in [0.2, 0.25) is 0 Å². The fraction of sp³-hybridized carbons (Fsp3) is 0.923. The summed E-state index contributed by atoms with van der Waals surface area (Å²) in [5, 5.41) is 6.36. The van der Waals surface area contributed by atoms with Gasteiger partial charge >= 0.3 is 0 Å². The molecule has 2 fully saturated rings. The average molecular weight is 239 g/mol. The summed E-state index contributed by atoms with van der Waals surface area (Å²) in [5.74, 6) is 0.155. The molecule has 2 aliphatic heterocycles. The van der Waals surface area contributed by atoms with Crippen molar-refractivity contribution in [2.75, 3.05) is 20.1 Å². The van der Waals surface area contributed by atoms with Crippen LogP contribution in [0.25, 0.3) is 0 Å². The van der Waals surface area contributed by atoms with Crippen molar-refractivity contribution in [2.24, 2.45) is 0 Å². The molecule has 4 nitrogen and oxygen atoms in total. The molecule has 0 radical (unpaired) electrons. The summed E-state index contributed by atoms with van der Waals surface area (Å²) in [4.78, 5) is 13.9. The number of nitrogens with zero attached hydrogens (tertiary/aromatic N) is 1. The zero-order valence-electron chi connectivity index (χ0n) is 11.0. The van der Waals surface area contributed by atoms with E-state index >= 15 is 0 Å². The molecule has 2 aliphatic rings. The van der Waals surface area contributed by atoms with Crippen molar-refractivity contribution in [3.8, 4) is 0 Å². The van der Waals surface area contributed by atoms with Crippen LogP contribution in [0.1, 0.15) is 39.0 Å². The molecule has 0 spiro atoms. The molecule has 98 valence electrons. The number of amides is 1. The van der Waals surface area contributed by atoms with E-state index in [2.05, 4.69) is 22.5 Å². The first-order chi connectivity index (χ1) is 8.24. The van der Waals surface area contributed by atoms with E-state index in [4.69, 9.17) is 0 Å². The zero-order valence-corrected chi connectivity index (χ0v) is 11.0. The van der Waals surface area contributed by atoms with Crippen molar-refractivity contribution in [2.45, 2.75) is 57.2 Å². The lowest BCUT2D eigenvalue weighted by Gasteiger charge is -2.38. The largest absolute Gasteiger partial charge is 0.358 e. The predicted octanol–water partition coefficient (Wildman–Crippen LogP) is 0.727. The highest BCUT2D eigenvalue weighted by molar-refractivity contribution is 5.77. The van der Waals surface area contributed by atoms with Crippen LogP contribution in [-0.2, 0) is 4.79 Å². The number of piperidine rings is 1. The number of hydrogen-bond acceptors (Lipinski definition) is 3. The SMILES string of the molecule is CCCNC1CC2CCC(C1)N2CC(=O)NC. The smallest absolute Gasteiger partial charge is 0.233 e. The topological polar surface area (TPSA) is 44.4 Å². The molecule has 0 saturated carbocycles. The van der Waals surface area contributed by atoms with E-state index in [1.807, 2.05) is 0 Å². The molecule has 0 aliphatic carbocycles. The van der Waals surface area contributed by atoms with Gasteiger partial charge in [0.05, 0.1) is 6.54 Å². The number of likely N-dealkylation sites (N-methyl/N-ethyl adjacent to an activating group) is 1. The molecular weight excluding hydrogens is 214 g/mol. The second-order valence-corrected chi connectivity index (χ2v) is 5.35. The minimum absolute atomic E-state index is 0.155. The minimum atomic E-state index is 0.155. The Morgan fingerprint density at radius 3 is 2.47 bits per heavy atom. The van der Waals surface area contributed by atoms with Gasteiger partial charge in [-0.25, -0.2) is 0 Å². The third-order valence-corrected chi connectivity index (χ3v) is 4.17. The first-order valence-electron chi connectivity index (χ1n) is 6.94. The molecule has 0 aromatic carbocycles. The van der Waals surface area contributed by atoms with E-state index in [0.29, 0.717) is 24.7 Å². The van der Waals surface area contributed by atoms with Crippen molar-refractivity contribution in [3.05, 3.63) is 0 Å². The Morgan fingerprint density at radius 2 is 1.94 bits per heavy atom. The van der Waals surface area contributed by atoms with Crippen LogP contribution in [0.3, 0.4) is 0 Å². The molecule has 2 atom stereocenters. The molecule has 2 N–H and O–H groups in total. The van der Waals surface area contributed by atoms with Crippen LogP contribution in [-0.4, -0.2) is 49.1 Å². The van der Waals surface area contributed by atoms with Gasteiger partial charge in [-0.3, -0.25) is 9.69 Å². The van der Waals surface area contributed by atoms with Gasteiger partial charge in [-0.05, 0) is 38.6 Å².